The van der Waals surface area contributed by atoms with Gasteiger partial charge in [-0.2, -0.15) is 0 Å². The van der Waals surface area contributed by atoms with Crippen molar-refractivity contribution in [2.75, 3.05) is 6.54 Å². The molecule has 0 amide bonds. The Morgan fingerprint density at radius 3 is 2.20 bits per heavy atom. The second-order valence-electron chi connectivity index (χ2n) is 6.73. The fourth-order valence-electron chi connectivity index (χ4n) is 2.25. The summed E-state index contributed by atoms with van der Waals surface area (Å²) in [6, 6.07) is 4.06. The van der Waals surface area contributed by atoms with Crippen LogP contribution >= 0.6 is 0 Å². The summed E-state index contributed by atoms with van der Waals surface area (Å²) < 4.78 is 26.5. The molecule has 0 saturated heterocycles. The predicted octanol–water partition coefficient (Wildman–Crippen LogP) is 4.70. The normalized spacial score (nSPS) is 13.5. The Hall–Kier alpha value is -0.960. The van der Waals surface area contributed by atoms with E-state index in [2.05, 4.69) is 33.0 Å². The molecule has 1 aromatic rings. The Bertz CT molecular complexity index is 390. The third-order valence-electron chi connectivity index (χ3n) is 3.33. The highest BCUT2D eigenvalue weighted by molar-refractivity contribution is 5.19. The number of nitrogens with one attached hydrogen (secondary N) is 1. The monoisotopic (exact) mass is 283 g/mol. The van der Waals surface area contributed by atoms with E-state index in [9.17, 15) is 8.78 Å². The standard InChI is InChI=1S/C17H27F2N/c1-5-8-20-16(6-7-17(2,3)4)11-13-9-14(18)12-15(19)10-13/h9-10,12,16,20H,5-8,11H2,1-4H3. The molecule has 0 aliphatic carbocycles. The summed E-state index contributed by atoms with van der Waals surface area (Å²) in [7, 11) is 0. The smallest absolute Gasteiger partial charge is 0.126 e. The summed E-state index contributed by atoms with van der Waals surface area (Å²) >= 11 is 0. The molecule has 1 unspecified atom stereocenters. The second-order valence-corrected chi connectivity index (χ2v) is 6.73. The zero-order chi connectivity index (χ0) is 15.2. The molecule has 0 aliphatic heterocycles. The molecular weight excluding hydrogens is 256 g/mol. The van der Waals surface area contributed by atoms with E-state index < -0.39 is 11.6 Å². The number of rotatable bonds is 7. The lowest BCUT2D eigenvalue weighted by Crippen LogP contribution is -2.32. The summed E-state index contributed by atoms with van der Waals surface area (Å²) in [5.41, 5.74) is 1.00. The van der Waals surface area contributed by atoms with Gasteiger partial charge in [0.15, 0.2) is 0 Å². The highest BCUT2D eigenvalue weighted by atomic mass is 19.1. The van der Waals surface area contributed by atoms with Gasteiger partial charge in [-0.25, -0.2) is 8.78 Å². The highest BCUT2D eigenvalue weighted by Crippen LogP contribution is 2.23. The van der Waals surface area contributed by atoms with Gasteiger partial charge in [0, 0.05) is 12.1 Å². The Morgan fingerprint density at radius 2 is 1.70 bits per heavy atom. The van der Waals surface area contributed by atoms with Crippen molar-refractivity contribution in [3.8, 4) is 0 Å². The van der Waals surface area contributed by atoms with Gasteiger partial charge >= 0.3 is 0 Å². The molecule has 0 radical (unpaired) electrons. The van der Waals surface area contributed by atoms with Crippen LogP contribution in [0.2, 0.25) is 0 Å². The Labute approximate surface area is 121 Å². The lowest BCUT2D eigenvalue weighted by atomic mass is 9.87. The van der Waals surface area contributed by atoms with Gasteiger partial charge in [0.1, 0.15) is 11.6 Å². The molecule has 1 N–H and O–H groups in total. The third kappa shape index (κ3) is 6.99. The van der Waals surface area contributed by atoms with Gasteiger partial charge in [-0.15, -0.1) is 0 Å². The quantitative estimate of drug-likeness (QED) is 0.764. The topological polar surface area (TPSA) is 12.0 Å². The van der Waals surface area contributed by atoms with E-state index in [-0.39, 0.29) is 11.5 Å². The Balaban J connectivity index is 2.67. The van der Waals surface area contributed by atoms with Crippen molar-refractivity contribution < 1.29 is 8.78 Å². The fraction of sp³-hybridized carbons (Fsp3) is 0.647. The number of hydrogen-bond donors (Lipinski definition) is 1. The van der Waals surface area contributed by atoms with E-state index in [1.54, 1.807) is 0 Å². The minimum Gasteiger partial charge on any atom is -0.314 e. The first-order chi connectivity index (χ1) is 9.30. The number of halogens is 2. The van der Waals surface area contributed by atoms with Crippen LogP contribution in [-0.4, -0.2) is 12.6 Å². The van der Waals surface area contributed by atoms with Crippen LogP contribution < -0.4 is 5.32 Å². The number of hydrogen-bond acceptors (Lipinski definition) is 1. The van der Waals surface area contributed by atoms with Crippen molar-refractivity contribution in [2.24, 2.45) is 5.41 Å². The van der Waals surface area contributed by atoms with Gasteiger partial charge in [0.25, 0.3) is 0 Å². The molecule has 1 nitrogen and oxygen atoms in total. The molecule has 20 heavy (non-hydrogen) atoms. The zero-order valence-electron chi connectivity index (χ0n) is 13.1. The maximum Gasteiger partial charge on any atom is 0.126 e. The highest BCUT2D eigenvalue weighted by Gasteiger charge is 2.16. The molecule has 1 rings (SSSR count). The van der Waals surface area contributed by atoms with Crippen molar-refractivity contribution in [1.82, 2.24) is 5.32 Å². The Kier molecular flexibility index (Phi) is 6.60. The van der Waals surface area contributed by atoms with Crippen LogP contribution in [0.1, 0.15) is 52.5 Å². The van der Waals surface area contributed by atoms with Crippen molar-refractivity contribution in [2.45, 2.75) is 59.4 Å². The van der Waals surface area contributed by atoms with Crippen LogP contribution in [0.15, 0.2) is 18.2 Å². The maximum absolute atomic E-state index is 13.2. The van der Waals surface area contributed by atoms with E-state index in [4.69, 9.17) is 0 Å². The van der Waals surface area contributed by atoms with Crippen molar-refractivity contribution >= 4 is 0 Å². The van der Waals surface area contributed by atoms with Crippen LogP contribution in [-0.2, 0) is 6.42 Å². The third-order valence-corrected chi connectivity index (χ3v) is 3.33. The van der Waals surface area contributed by atoms with Crippen LogP contribution in [0, 0.1) is 17.0 Å². The molecule has 0 aliphatic rings. The second kappa shape index (κ2) is 7.72. The molecule has 0 fully saturated rings. The predicted molar refractivity (Wildman–Crippen MR) is 80.8 cm³/mol. The van der Waals surface area contributed by atoms with Crippen molar-refractivity contribution in [1.29, 1.82) is 0 Å². The van der Waals surface area contributed by atoms with Crippen LogP contribution in [0.5, 0.6) is 0 Å². The molecule has 1 aromatic carbocycles. The molecule has 0 heterocycles. The van der Waals surface area contributed by atoms with E-state index in [0.717, 1.165) is 37.4 Å². The fourth-order valence-corrected chi connectivity index (χ4v) is 2.25. The first kappa shape index (κ1) is 17.1. The molecule has 1 atom stereocenters. The van der Waals surface area contributed by atoms with Crippen molar-refractivity contribution in [3.05, 3.63) is 35.4 Å². The molecule has 0 bridgehead atoms. The van der Waals surface area contributed by atoms with E-state index >= 15 is 0 Å². The zero-order valence-corrected chi connectivity index (χ0v) is 13.1. The first-order valence-electron chi connectivity index (χ1n) is 7.48. The summed E-state index contributed by atoms with van der Waals surface area (Å²) in [5, 5.41) is 3.48. The molecular formula is C17H27F2N. The molecule has 3 heteroatoms. The summed E-state index contributed by atoms with van der Waals surface area (Å²) in [6.07, 6.45) is 3.84. The van der Waals surface area contributed by atoms with Crippen molar-refractivity contribution in [3.63, 3.8) is 0 Å². The Morgan fingerprint density at radius 1 is 1.10 bits per heavy atom. The average Bonchev–Trinajstić information content (AvgIpc) is 2.30. The summed E-state index contributed by atoms with van der Waals surface area (Å²) in [6.45, 7) is 9.70. The summed E-state index contributed by atoms with van der Waals surface area (Å²) in [5.74, 6) is -0.991. The molecule has 0 aromatic heterocycles. The molecule has 114 valence electrons. The van der Waals surface area contributed by atoms with Gasteiger partial charge in [-0.05, 0) is 55.3 Å². The van der Waals surface area contributed by atoms with Gasteiger partial charge in [0.2, 0.25) is 0 Å². The van der Waals surface area contributed by atoms with E-state index in [0.29, 0.717) is 6.42 Å². The van der Waals surface area contributed by atoms with Gasteiger partial charge in [-0.3, -0.25) is 0 Å². The van der Waals surface area contributed by atoms with Gasteiger partial charge in [0.05, 0.1) is 0 Å². The first-order valence-corrected chi connectivity index (χ1v) is 7.48. The SMILES string of the molecule is CCCNC(CCC(C)(C)C)Cc1cc(F)cc(F)c1. The largest absolute Gasteiger partial charge is 0.314 e. The maximum atomic E-state index is 13.2. The number of benzene rings is 1. The minimum atomic E-state index is -0.495. The minimum absolute atomic E-state index is 0.273. The van der Waals surface area contributed by atoms with Gasteiger partial charge in [-0.1, -0.05) is 27.7 Å². The van der Waals surface area contributed by atoms with E-state index in [1.165, 1.54) is 12.1 Å². The van der Waals surface area contributed by atoms with Crippen LogP contribution in [0.25, 0.3) is 0 Å². The van der Waals surface area contributed by atoms with E-state index in [1.807, 2.05) is 0 Å². The average molecular weight is 283 g/mol. The molecule has 0 saturated carbocycles. The molecule has 0 spiro atoms. The lowest BCUT2D eigenvalue weighted by molar-refractivity contribution is 0.328. The van der Waals surface area contributed by atoms with Gasteiger partial charge < -0.3 is 5.32 Å². The lowest BCUT2D eigenvalue weighted by Gasteiger charge is -2.24. The van der Waals surface area contributed by atoms with Crippen LogP contribution in [0.4, 0.5) is 8.78 Å². The summed E-state index contributed by atoms with van der Waals surface area (Å²) in [4.78, 5) is 0. The van der Waals surface area contributed by atoms with Crippen LogP contribution in [0.3, 0.4) is 0 Å².